The van der Waals surface area contributed by atoms with E-state index >= 15 is 0 Å². The van der Waals surface area contributed by atoms with Gasteiger partial charge in [0, 0.05) is 24.5 Å². The second kappa shape index (κ2) is 8.76. The molecule has 0 unspecified atom stereocenters. The van der Waals surface area contributed by atoms with Gasteiger partial charge in [0.2, 0.25) is 15.8 Å². The van der Waals surface area contributed by atoms with Crippen LogP contribution < -0.4 is 10.5 Å². The van der Waals surface area contributed by atoms with Crippen molar-refractivity contribution in [2.75, 3.05) is 0 Å². The van der Waals surface area contributed by atoms with Gasteiger partial charge in [-0.05, 0) is 49.8 Å². The Balaban J connectivity index is 1.57. The molecule has 3 aliphatic carbocycles. The van der Waals surface area contributed by atoms with Crippen LogP contribution in [0.1, 0.15) is 41.0 Å². The number of nitrogens with two attached hydrogens (primary N) is 1. The van der Waals surface area contributed by atoms with E-state index in [-0.39, 0.29) is 46.9 Å². The molecule has 1 aromatic carbocycles. The van der Waals surface area contributed by atoms with Crippen molar-refractivity contribution in [2.45, 2.75) is 50.2 Å². The van der Waals surface area contributed by atoms with E-state index in [1.165, 1.54) is 26.0 Å². The maximum atomic E-state index is 13.6. The Kier molecular flexibility index (Phi) is 5.97. The third kappa shape index (κ3) is 3.78. The number of carbonyl (C=O) groups excluding carboxylic acids is 3. The number of phenols is 1. The number of phenolic OH excluding ortho intramolecular Hbond substituents is 1. The van der Waals surface area contributed by atoms with Crippen LogP contribution >= 0.6 is 0 Å². The first-order chi connectivity index (χ1) is 18.2. The lowest BCUT2D eigenvalue weighted by atomic mass is 9.59. The number of sulfonamides is 1. The standard InChI is InChI=1S/C25H25N3O10S/c1-9-21(10(2)38-28-9)39(36,37)27-8-11-3-4-15(29)18-14(11)6-12-5-13-7-16(30)19(24(26)34)23(33)25(13,35)22(32)17(12)20(18)31/h3-4,12-13,27,29,31,33,35H,5-8H2,1-2H3,(H2,26,34)/t12-,13+,25+/m1/s1. The second-order valence-electron chi connectivity index (χ2n) is 9.98. The fourth-order valence-corrected chi connectivity index (χ4v) is 7.29. The number of amides is 1. The summed E-state index contributed by atoms with van der Waals surface area (Å²) in [7, 11) is -4.05. The summed E-state index contributed by atoms with van der Waals surface area (Å²) >= 11 is 0. The van der Waals surface area contributed by atoms with E-state index in [1.54, 1.807) is 0 Å². The molecule has 5 rings (SSSR count). The maximum absolute atomic E-state index is 13.6. The van der Waals surface area contributed by atoms with Crippen LogP contribution in [0.25, 0.3) is 5.76 Å². The smallest absolute Gasteiger partial charge is 0.255 e. The Morgan fingerprint density at radius 1 is 1.21 bits per heavy atom. The van der Waals surface area contributed by atoms with Crippen molar-refractivity contribution in [3.05, 3.63) is 57.2 Å². The van der Waals surface area contributed by atoms with E-state index in [9.17, 15) is 43.2 Å². The lowest BCUT2D eigenvalue weighted by Gasteiger charge is -2.46. The van der Waals surface area contributed by atoms with Gasteiger partial charge in [-0.3, -0.25) is 14.4 Å². The lowest BCUT2D eigenvalue weighted by molar-refractivity contribution is -0.147. The third-order valence-corrected chi connectivity index (χ3v) is 9.38. The van der Waals surface area contributed by atoms with Gasteiger partial charge < -0.3 is 30.7 Å². The average molecular weight is 560 g/mol. The number of rotatable bonds is 5. The molecule has 1 aromatic heterocycles. The Labute approximate surface area is 221 Å². The van der Waals surface area contributed by atoms with E-state index in [1.807, 2.05) is 0 Å². The van der Waals surface area contributed by atoms with E-state index in [4.69, 9.17) is 10.3 Å². The molecular formula is C25H25N3O10S. The summed E-state index contributed by atoms with van der Waals surface area (Å²) in [5, 5.41) is 47.3. The molecule has 206 valence electrons. The number of ketones is 2. The van der Waals surface area contributed by atoms with Crippen molar-refractivity contribution in [1.82, 2.24) is 9.88 Å². The number of Topliss-reactive ketones (excluding diaryl/α,β-unsaturated/α-hetero) is 2. The van der Waals surface area contributed by atoms with E-state index in [0.717, 1.165) is 0 Å². The highest BCUT2D eigenvalue weighted by atomic mass is 32.2. The molecule has 0 spiro atoms. The molecule has 0 bridgehead atoms. The van der Waals surface area contributed by atoms with Gasteiger partial charge in [-0.2, -0.15) is 0 Å². The van der Waals surface area contributed by atoms with Crippen LogP contribution in [0.4, 0.5) is 0 Å². The van der Waals surface area contributed by atoms with Crippen molar-refractivity contribution in [1.29, 1.82) is 0 Å². The number of aryl methyl sites for hydroxylation is 2. The minimum atomic E-state index is -4.05. The average Bonchev–Trinajstić information content (AvgIpc) is 3.19. The fraction of sp³-hybridized carbons (Fsp3) is 0.360. The highest BCUT2D eigenvalue weighted by Gasteiger charge is 2.60. The normalized spacial score (nSPS) is 24.9. The lowest BCUT2D eigenvalue weighted by Crippen LogP contribution is -2.58. The molecule has 39 heavy (non-hydrogen) atoms. The Bertz CT molecular complexity index is 1630. The molecule has 13 nitrogen and oxygen atoms in total. The Hall–Kier alpha value is -4.01. The predicted octanol–water partition coefficient (Wildman–Crippen LogP) is 0.507. The van der Waals surface area contributed by atoms with Gasteiger partial charge in [0.1, 0.15) is 33.4 Å². The van der Waals surface area contributed by atoms with E-state index < -0.39 is 74.2 Å². The van der Waals surface area contributed by atoms with Gasteiger partial charge in [-0.15, -0.1) is 0 Å². The van der Waals surface area contributed by atoms with Gasteiger partial charge in [-0.1, -0.05) is 11.2 Å². The first kappa shape index (κ1) is 26.6. The number of fused-ring (bicyclic) bond motifs is 3. The molecule has 0 radical (unpaired) electrons. The Morgan fingerprint density at radius 3 is 2.51 bits per heavy atom. The molecule has 2 aromatic rings. The number of nitrogens with zero attached hydrogens (tertiary/aromatic N) is 1. The second-order valence-corrected chi connectivity index (χ2v) is 11.7. The number of hydrogen-bond acceptors (Lipinski definition) is 11. The van der Waals surface area contributed by atoms with Crippen molar-refractivity contribution >= 4 is 33.3 Å². The van der Waals surface area contributed by atoms with Crippen LogP contribution in [0.2, 0.25) is 0 Å². The molecule has 1 fully saturated rings. The summed E-state index contributed by atoms with van der Waals surface area (Å²) in [5.74, 6) is -7.19. The zero-order valence-electron chi connectivity index (χ0n) is 20.8. The minimum absolute atomic E-state index is 0.0389. The van der Waals surface area contributed by atoms with Crippen LogP contribution in [0.5, 0.6) is 5.75 Å². The van der Waals surface area contributed by atoms with Crippen molar-refractivity contribution < 1.29 is 47.8 Å². The van der Waals surface area contributed by atoms with Gasteiger partial charge in [0.05, 0.1) is 5.56 Å². The summed E-state index contributed by atoms with van der Waals surface area (Å²) in [6.45, 7) is 2.70. The van der Waals surface area contributed by atoms with Crippen LogP contribution in [0.3, 0.4) is 0 Å². The topological polar surface area (TPSA) is 230 Å². The number of aromatic hydroxyl groups is 1. The number of nitrogens with one attached hydrogen (secondary N) is 1. The van der Waals surface area contributed by atoms with Crippen molar-refractivity contribution in [3.8, 4) is 5.75 Å². The van der Waals surface area contributed by atoms with Crippen LogP contribution in [0.15, 0.2) is 38.5 Å². The quantitative estimate of drug-likeness (QED) is 0.276. The van der Waals surface area contributed by atoms with Crippen molar-refractivity contribution in [3.63, 3.8) is 0 Å². The zero-order valence-corrected chi connectivity index (χ0v) is 21.6. The predicted molar refractivity (Wildman–Crippen MR) is 131 cm³/mol. The molecule has 3 atom stereocenters. The number of primary amides is 1. The van der Waals surface area contributed by atoms with Crippen LogP contribution in [0, 0.1) is 25.7 Å². The SMILES string of the molecule is Cc1noc(C)c1S(=O)(=O)NCc1ccc(O)c2c1C[C@H]1C[C@H]3CC(=O)C(C(N)=O)=C(O)[C@@]3(O)C(=O)C1=C2O. The molecular weight excluding hydrogens is 534 g/mol. The molecule has 1 amide bonds. The number of aromatic nitrogens is 1. The molecule has 7 N–H and O–H groups in total. The summed E-state index contributed by atoms with van der Waals surface area (Å²) < 4.78 is 33.3. The molecule has 3 aliphatic rings. The number of aliphatic hydroxyl groups excluding tert-OH is 2. The van der Waals surface area contributed by atoms with Gasteiger partial charge in [0.15, 0.2) is 17.1 Å². The van der Waals surface area contributed by atoms with E-state index in [2.05, 4.69) is 9.88 Å². The summed E-state index contributed by atoms with van der Waals surface area (Å²) in [6.07, 6.45) is -0.430. The minimum Gasteiger partial charge on any atom is -0.508 e. The summed E-state index contributed by atoms with van der Waals surface area (Å²) in [6, 6.07) is 2.70. The zero-order chi connectivity index (χ0) is 28.6. The first-order valence-corrected chi connectivity index (χ1v) is 13.4. The maximum Gasteiger partial charge on any atom is 0.255 e. The molecule has 0 saturated heterocycles. The molecule has 14 heteroatoms. The van der Waals surface area contributed by atoms with Gasteiger partial charge in [0.25, 0.3) is 5.91 Å². The Morgan fingerprint density at radius 2 is 1.90 bits per heavy atom. The number of carbonyl (C=O) groups is 3. The van der Waals surface area contributed by atoms with Crippen LogP contribution in [-0.4, -0.2) is 57.1 Å². The number of benzene rings is 1. The van der Waals surface area contributed by atoms with Crippen molar-refractivity contribution in [2.24, 2.45) is 17.6 Å². The number of aliphatic hydroxyl groups is 3. The first-order valence-electron chi connectivity index (χ1n) is 11.9. The number of hydrogen-bond donors (Lipinski definition) is 6. The summed E-state index contributed by atoms with van der Waals surface area (Å²) in [5.41, 5.74) is 2.18. The monoisotopic (exact) mass is 559 g/mol. The van der Waals surface area contributed by atoms with Gasteiger partial charge in [-0.25, -0.2) is 13.1 Å². The summed E-state index contributed by atoms with van der Waals surface area (Å²) in [4.78, 5) is 37.7. The fourth-order valence-electron chi connectivity index (χ4n) is 5.95. The molecule has 1 heterocycles. The van der Waals surface area contributed by atoms with Gasteiger partial charge >= 0.3 is 0 Å². The highest BCUT2D eigenvalue weighted by molar-refractivity contribution is 7.89. The third-order valence-electron chi connectivity index (χ3n) is 7.73. The highest BCUT2D eigenvalue weighted by Crippen LogP contribution is 2.52. The molecule has 1 saturated carbocycles. The van der Waals surface area contributed by atoms with E-state index in [0.29, 0.717) is 11.1 Å². The largest absolute Gasteiger partial charge is 0.508 e. The molecule has 0 aliphatic heterocycles. The van der Waals surface area contributed by atoms with Crippen LogP contribution in [-0.2, 0) is 37.4 Å².